The van der Waals surface area contributed by atoms with Gasteiger partial charge in [-0.25, -0.2) is 0 Å². The predicted octanol–water partition coefficient (Wildman–Crippen LogP) is 3.97. The monoisotopic (exact) mass is 380 g/mol. The van der Waals surface area contributed by atoms with Crippen molar-refractivity contribution in [1.29, 1.82) is 0 Å². The lowest BCUT2D eigenvalue weighted by atomic mass is 9.93. The van der Waals surface area contributed by atoms with Gasteiger partial charge in [-0.15, -0.1) is 0 Å². The maximum Gasteiger partial charge on any atom is 0.257 e. The fourth-order valence-corrected chi connectivity index (χ4v) is 4.37. The van der Waals surface area contributed by atoms with Crippen LogP contribution in [0.3, 0.4) is 0 Å². The summed E-state index contributed by atoms with van der Waals surface area (Å²) in [6, 6.07) is 12.0. The second-order valence-corrected chi connectivity index (χ2v) is 8.36. The lowest BCUT2D eigenvalue weighted by Crippen LogP contribution is -2.47. The standard InChI is InChI=1S/C23H28N2O3/c1-15(2)21-11-20(16(3)28-21)23(27)24-13-18-9-10-19(14-24)25(22(18)26)12-17-7-5-4-6-8-17/h4-8,11,15,18-19H,9-10,12-14H2,1-3H3/t18-,19+/m1/s1. The molecule has 2 atom stereocenters. The van der Waals surface area contributed by atoms with E-state index in [1.807, 2.05) is 41.0 Å². The molecule has 5 heteroatoms. The number of piperidine rings is 1. The van der Waals surface area contributed by atoms with E-state index in [0.29, 0.717) is 31.0 Å². The molecular formula is C23H28N2O3. The van der Waals surface area contributed by atoms with E-state index in [-0.39, 0.29) is 29.7 Å². The maximum absolute atomic E-state index is 13.2. The fourth-order valence-electron chi connectivity index (χ4n) is 4.37. The highest BCUT2D eigenvalue weighted by Crippen LogP contribution is 2.32. The van der Waals surface area contributed by atoms with E-state index in [1.54, 1.807) is 0 Å². The van der Waals surface area contributed by atoms with E-state index in [4.69, 9.17) is 4.42 Å². The van der Waals surface area contributed by atoms with Gasteiger partial charge >= 0.3 is 0 Å². The number of nitrogens with zero attached hydrogens (tertiary/aromatic N) is 2. The lowest BCUT2D eigenvalue weighted by Gasteiger charge is -2.36. The van der Waals surface area contributed by atoms with Crippen LogP contribution in [-0.4, -0.2) is 40.7 Å². The second kappa shape index (κ2) is 7.46. The first-order chi connectivity index (χ1) is 13.4. The third-order valence-electron chi connectivity index (χ3n) is 6.01. The number of benzene rings is 1. The predicted molar refractivity (Wildman–Crippen MR) is 107 cm³/mol. The van der Waals surface area contributed by atoms with Crippen molar-refractivity contribution >= 4 is 11.8 Å². The number of carbonyl (C=O) groups excluding carboxylic acids is 2. The molecule has 3 aliphatic heterocycles. The number of fused-ring (bicyclic) bond motifs is 4. The number of amides is 2. The minimum Gasteiger partial charge on any atom is -0.465 e. The lowest BCUT2D eigenvalue weighted by molar-refractivity contribution is -0.140. The third-order valence-corrected chi connectivity index (χ3v) is 6.01. The molecule has 1 aromatic carbocycles. The molecule has 2 amide bonds. The molecule has 0 N–H and O–H groups in total. The summed E-state index contributed by atoms with van der Waals surface area (Å²) in [7, 11) is 0. The first-order valence-electron chi connectivity index (χ1n) is 10.2. The SMILES string of the molecule is Cc1oc(C(C)C)cc1C(=O)N1C[C@H]2CC[C@@H](C1)N(Cc1ccccc1)C2=O. The summed E-state index contributed by atoms with van der Waals surface area (Å²) in [4.78, 5) is 30.1. The Morgan fingerprint density at radius 1 is 1.18 bits per heavy atom. The molecule has 0 saturated carbocycles. The zero-order valence-corrected chi connectivity index (χ0v) is 16.9. The average Bonchev–Trinajstić information content (AvgIpc) is 2.88. The van der Waals surface area contributed by atoms with Gasteiger partial charge in [-0.05, 0) is 31.4 Å². The van der Waals surface area contributed by atoms with Gasteiger partial charge in [0.05, 0.1) is 11.5 Å². The van der Waals surface area contributed by atoms with Crippen molar-refractivity contribution in [3.8, 4) is 0 Å². The van der Waals surface area contributed by atoms with Gasteiger partial charge in [0, 0.05) is 31.6 Å². The van der Waals surface area contributed by atoms with Crippen molar-refractivity contribution in [2.45, 2.75) is 52.1 Å². The Balaban J connectivity index is 1.56. The van der Waals surface area contributed by atoms with Gasteiger partial charge in [0.25, 0.3) is 5.91 Å². The van der Waals surface area contributed by atoms with Gasteiger partial charge < -0.3 is 14.2 Å². The normalized spacial score (nSPS) is 22.1. The van der Waals surface area contributed by atoms with E-state index in [9.17, 15) is 9.59 Å². The highest BCUT2D eigenvalue weighted by Gasteiger charge is 2.42. The molecule has 3 aliphatic rings. The molecule has 28 heavy (non-hydrogen) atoms. The first kappa shape index (κ1) is 18.8. The van der Waals surface area contributed by atoms with Crippen molar-refractivity contribution in [1.82, 2.24) is 9.80 Å². The summed E-state index contributed by atoms with van der Waals surface area (Å²) in [5, 5.41) is 0. The number of furan rings is 1. The molecule has 2 bridgehead atoms. The zero-order chi connectivity index (χ0) is 19.8. The Morgan fingerprint density at radius 2 is 1.93 bits per heavy atom. The molecule has 4 heterocycles. The molecule has 0 aliphatic carbocycles. The van der Waals surface area contributed by atoms with Gasteiger partial charge in [0.15, 0.2) is 0 Å². The van der Waals surface area contributed by atoms with Crippen LogP contribution in [-0.2, 0) is 11.3 Å². The molecule has 0 radical (unpaired) electrons. The highest BCUT2D eigenvalue weighted by atomic mass is 16.3. The topological polar surface area (TPSA) is 53.8 Å². The molecule has 3 saturated heterocycles. The molecule has 5 nitrogen and oxygen atoms in total. The number of hydrogen-bond acceptors (Lipinski definition) is 3. The maximum atomic E-state index is 13.2. The van der Waals surface area contributed by atoms with Crippen molar-refractivity contribution in [3.63, 3.8) is 0 Å². The molecule has 5 rings (SSSR count). The van der Waals surface area contributed by atoms with Crippen LogP contribution < -0.4 is 0 Å². The van der Waals surface area contributed by atoms with Crippen LogP contribution >= 0.6 is 0 Å². The molecule has 2 aromatic rings. The van der Waals surface area contributed by atoms with Crippen molar-refractivity contribution in [3.05, 3.63) is 59.0 Å². The van der Waals surface area contributed by atoms with Gasteiger partial charge in [-0.3, -0.25) is 9.59 Å². The van der Waals surface area contributed by atoms with Gasteiger partial charge in [0.2, 0.25) is 5.91 Å². The smallest absolute Gasteiger partial charge is 0.257 e. The van der Waals surface area contributed by atoms with Gasteiger partial charge in [-0.1, -0.05) is 44.2 Å². The van der Waals surface area contributed by atoms with Crippen LogP contribution in [0.2, 0.25) is 0 Å². The van der Waals surface area contributed by atoms with Crippen molar-refractivity contribution < 1.29 is 14.0 Å². The molecule has 148 valence electrons. The summed E-state index contributed by atoms with van der Waals surface area (Å²) in [5.41, 5.74) is 1.76. The Hall–Kier alpha value is -2.56. The van der Waals surface area contributed by atoms with Crippen LogP contribution in [0.1, 0.15) is 60.0 Å². The number of rotatable bonds is 4. The van der Waals surface area contributed by atoms with Crippen LogP contribution in [0.5, 0.6) is 0 Å². The van der Waals surface area contributed by atoms with E-state index in [2.05, 4.69) is 26.0 Å². The molecule has 0 unspecified atom stereocenters. The Kier molecular flexibility index (Phi) is 5.00. The van der Waals surface area contributed by atoms with Crippen molar-refractivity contribution in [2.24, 2.45) is 5.92 Å². The Labute approximate surface area is 166 Å². The first-order valence-corrected chi connectivity index (χ1v) is 10.2. The fraction of sp³-hybridized carbons (Fsp3) is 0.478. The minimum absolute atomic E-state index is 0.0144. The molecular weight excluding hydrogens is 352 g/mol. The van der Waals surface area contributed by atoms with E-state index < -0.39 is 0 Å². The summed E-state index contributed by atoms with van der Waals surface area (Å²) in [6.07, 6.45) is 1.81. The largest absolute Gasteiger partial charge is 0.465 e. The minimum atomic E-state index is -0.108. The number of carbonyl (C=O) groups is 2. The van der Waals surface area contributed by atoms with Crippen LogP contribution in [0, 0.1) is 12.8 Å². The number of aryl methyl sites for hydroxylation is 1. The quantitative estimate of drug-likeness (QED) is 0.806. The van der Waals surface area contributed by atoms with Crippen LogP contribution in [0.4, 0.5) is 0 Å². The van der Waals surface area contributed by atoms with E-state index in [0.717, 1.165) is 24.2 Å². The van der Waals surface area contributed by atoms with Gasteiger partial charge in [0.1, 0.15) is 11.5 Å². The summed E-state index contributed by atoms with van der Waals surface area (Å²) in [5.74, 6) is 1.80. The van der Waals surface area contributed by atoms with Crippen LogP contribution in [0.25, 0.3) is 0 Å². The summed E-state index contributed by atoms with van der Waals surface area (Å²) in [6.45, 7) is 7.66. The average molecular weight is 380 g/mol. The van der Waals surface area contributed by atoms with Crippen LogP contribution in [0.15, 0.2) is 40.8 Å². The number of hydrogen-bond donors (Lipinski definition) is 0. The van der Waals surface area contributed by atoms with Crippen molar-refractivity contribution in [2.75, 3.05) is 13.1 Å². The Morgan fingerprint density at radius 3 is 2.61 bits per heavy atom. The molecule has 0 spiro atoms. The molecule has 3 fully saturated rings. The Bertz CT molecular complexity index is 871. The van der Waals surface area contributed by atoms with E-state index in [1.165, 1.54) is 0 Å². The third kappa shape index (κ3) is 3.46. The van der Waals surface area contributed by atoms with Gasteiger partial charge in [-0.2, -0.15) is 0 Å². The molecule has 1 aromatic heterocycles. The summed E-state index contributed by atoms with van der Waals surface area (Å²) < 4.78 is 5.78. The van der Waals surface area contributed by atoms with E-state index >= 15 is 0 Å². The highest BCUT2D eigenvalue weighted by molar-refractivity contribution is 5.96. The second-order valence-electron chi connectivity index (χ2n) is 8.36. The zero-order valence-electron chi connectivity index (χ0n) is 16.9. The summed E-state index contributed by atoms with van der Waals surface area (Å²) >= 11 is 0.